The highest BCUT2D eigenvalue weighted by Crippen LogP contribution is 2.67. The molecule has 1 aliphatic heterocycles. The standard InChI is InChI=1S/C32H20O6/c33-20-16-14-18(15-17-20)25-31(26(34)21-10-4-5-11-22(21)27(31)35)30(19-8-2-1-3-9-19)38-32(25)28(36)23-12-6-7-13-24(23)29(32)37/h1-17,25,30,33H/t25-,30-/m1/s1. The van der Waals surface area contributed by atoms with Crippen molar-refractivity contribution >= 4 is 23.1 Å². The van der Waals surface area contributed by atoms with Gasteiger partial charge in [0.05, 0.1) is 5.92 Å². The molecule has 2 aliphatic carbocycles. The summed E-state index contributed by atoms with van der Waals surface area (Å²) in [5.41, 5.74) is -2.31. The van der Waals surface area contributed by atoms with Crippen LogP contribution in [0.25, 0.3) is 0 Å². The molecular formula is C32H20O6. The van der Waals surface area contributed by atoms with Gasteiger partial charge >= 0.3 is 0 Å². The Bertz CT molecular complexity index is 1610. The molecule has 1 N–H and O–H groups in total. The van der Waals surface area contributed by atoms with Crippen LogP contribution in [0.5, 0.6) is 5.75 Å². The Balaban J connectivity index is 1.59. The Morgan fingerprint density at radius 3 is 1.47 bits per heavy atom. The molecule has 38 heavy (non-hydrogen) atoms. The summed E-state index contributed by atoms with van der Waals surface area (Å²) in [5, 5.41) is 10.0. The number of ether oxygens (including phenoxy) is 1. The monoisotopic (exact) mass is 500 g/mol. The van der Waals surface area contributed by atoms with E-state index >= 15 is 0 Å². The van der Waals surface area contributed by atoms with Gasteiger partial charge in [-0.05, 0) is 23.3 Å². The van der Waals surface area contributed by atoms with E-state index in [1.165, 1.54) is 12.1 Å². The van der Waals surface area contributed by atoms with Crippen LogP contribution < -0.4 is 0 Å². The molecular weight excluding hydrogens is 480 g/mol. The van der Waals surface area contributed by atoms with Crippen LogP contribution in [0.15, 0.2) is 103 Å². The first-order valence-electron chi connectivity index (χ1n) is 12.3. The number of phenolic OH excluding ortho intramolecular Hbond substituents is 1. The minimum atomic E-state index is -2.14. The van der Waals surface area contributed by atoms with Crippen molar-refractivity contribution in [3.05, 3.63) is 137 Å². The van der Waals surface area contributed by atoms with E-state index < -0.39 is 46.2 Å². The van der Waals surface area contributed by atoms with Gasteiger partial charge in [0.2, 0.25) is 17.2 Å². The third-order valence-corrected chi connectivity index (χ3v) is 8.17. The van der Waals surface area contributed by atoms with Gasteiger partial charge in [0.25, 0.3) is 0 Å². The van der Waals surface area contributed by atoms with E-state index in [1.807, 2.05) is 0 Å². The zero-order chi connectivity index (χ0) is 26.2. The molecule has 2 spiro atoms. The Hall–Kier alpha value is -4.68. The van der Waals surface area contributed by atoms with Crippen molar-refractivity contribution in [2.75, 3.05) is 0 Å². The van der Waals surface area contributed by atoms with Crippen molar-refractivity contribution in [2.45, 2.75) is 17.6 Å². The van der Waals surface area contributed by atoms with Crippen molar-refractivity contribution in [1.29, 1.82) is 0 Å². The van der Waals surface area contributed by atoms with Gasteiger partial charge in [0, 0.05) is 22.3 Å². The van der Waals surface area contributed by atoms with E-state index in [9.17, 15) is 24.3 Å². The molecule has 4 aromatic carbocycles. The van der Waals surface area contributed by atoms with E-state index in [0.29, 0.717) is 11.1 Å². The number of hydrogen-bond donors (Lipinski definition) is 1. The van der Waals surface area contributed by atoms with Crippen LogP contribution in [0.4, 0.5) is 0 Å². The molecule has 7 rings (SSSR count). The maximum atomic E-state index is 14.5. The Kier molecular flexibility index (Phi) is 4.54. The van der Waals surface area contributed by atoms with Crippen molar-refractivity contribution in [2.24, 2.45) is 5.41 Å². The van der Waals surface area contributed by atoms with Crippen LogP contribution in [-0.4, -0.2) is 33.8 Å². The normalized spacial score (nSPS) is 22.3. The molecule has 1 fully saturated rings. The summed E-state index contributed by atoms with van der Waals surface area (Å²) >= 11 is 0. The smallest absolute Gasteiger partial charge is 0.204 e. The number of rotatable bonds is 2. The number of hydrogen-bond acceptors (Lipinski definition) is 6. The van der Waals surface area contributed by atoms with Gasteiger partial charge in [0.1, 0.15) is 17.3 Å². The summed E-state index contributed by atoms with van der Waals surface area (Å²) in [7, 11) is 0. The molecule has 1 heterocycles. The number of phenols is 1. The van der Waals surface area contributed by atoms with E-state index in [-0.39, 0.29) is 28.0 Å². The highest BCUT2D eigenvalue weighted by Gasteiger charge is 2.79. The fourth-order valence-electron chi connectivity index (χ4n) is 6.62. The summed E-state index contributed by atoms with van der Waals surface area (Å²) in [6.07, 6.45) is -1.21. The highest BCUT2D eigenvalue weighted by atomic mass is 16.5. The Morgan fingerprint density at radius 2 is 0.974 bits per heavy atom. The third-order valence-electron chi connectivity index (χ3n) is 8.17. The maximum absolute atomic E-state index is 14.5. The molecule has 184 valence electrons. The number of aromatic hydroxyl groups is 1. The van der Waals surface area contributed by atoms with Gasteiger partial charge in [-0.3, -0.25) is 19.2 Å². The highest BCUT2D eigenvalue weighted by molar-refractivity contribution is 6.37. The van der Waals surface area contributed by atoms with Crippen LogP contribution in [0.1, 0.15) is 64.6 Å². The van der Waals surface area contributed by atoms with Crippen molar-refractivity contribution in [3.8, 4) is 5.75 Å². The zero-order valence-corrected chi connectivity index (χ0v) is 20.0. The van der Waals surface area contributed by atoms with Gasteiger partial charge in [0.15, 0.2) is 11.6 Å². The first-order valence-corrected chi connectivity index (χ1v) is 12.3. The minimum absolute atomic E-state index is 0.0323. The summed E-state index contributed by atoms with van der Waals surface area (Å²) in [6, 6.07) is 27.8. The van der Waals surface area contributed by atoms with Crippen molar-refractivity contribution in [3.63, 3.8) is 0 Å². The molecule has 6 nitrogen and oxygen atoms in total. The largest absolute Gasteiger partial charge is 0.508 e. The molecule has 0 saturated carbocycles. The predicted octanol–water partition coefficient (Wildman–Crippen LogP) is 5.13. The fraction of sp³-hybridized carbons (Fsp3) is 0.125. The molecule has 1 saturated heterocycles. The number of benzene rings is 4. The van der Waals surface area contributed by atoms with Gasteiger partial charge < -0.3 is 9.84 Å². The van der Waals surface area contributed by atoms with E-state index in [4.69, 9.17) is 4.74 Å². The summed E-state index contributed by atoms with van der Waals surface area (Å²) in [6.45, 7) is 0. The van der Waals surface area contributed by atoms with Crippen molar-refractivity contribution < 1.29 is 29.0 Å². The van der Waals surface area contributed by atoms with Crippen LogP contribution in [0.2, 0.25) is 0 Å². The maximum Gasteiger partial charge on any atom is 0.204 e. The van der Waals surface area contributed by atoms with Gasteiger partial charge in [-0.2, -0.15) is 0 Å². The summed E-state index contributed by atoms with van der Waals surface area (Å²) < 4.78 is 6.61. The fourth-order valence-corrected chi connectivity index (χ4v) is 6.62. The van der Waals surface area contributed by atoms with Crippen LogP contribution >= 0.6 is 0 Å². The summed E-state index contributed by atoms with van der Waals surface area (Å²) in [5.74, 6) is -3.44. The van der Waals surface area contributed by atoms with Gasteiger partial charge in [-0.25, -0.2) is 0 Å². The second-order valence-corrected chi connectivity index (χ2v) is 9.95. The average molecular weight is 501 g/mol. The van der Waals surface area contributed by atoms with E-state index in [2.05, 4.69) is 0 Å². The molecule has 4 aromatic rings. The number of fused-ring (bicyclic) bond motifs is 2. The van der Waals surface area contributed by atoms with Crippen molar-refractivity contribution in [1.82, 2.24) is 0 Å². The number of carbonyl (C=O) groups is 4. The lowest BCUT2D eigenvalue weighted by molar-refractivity contribution is -0.0210. The molecule has 0 amide bonds. The molecule has 0 bridgehead atoms. The Labute approximate surface area is 217 Å². The lowest BCUT2D eigenvalue weighted by atomic mass is 9.60. The number of Topliss-reactive ketones (excluding diaryl/α,β-unsaturated/α-hetero) is 4. The molecule has 6 heteroatoms. The first-order chi connectivity index (χ1) is 18.4. The van der Waals surface area contributed by atoms with Gasteiger partial charge in [-0.15, -0.1) is 0 Å². The zero-order valence-electron chi connectivity index (χ0n) is 20.0. The van der Waals surface area contributed by atoms with Gasteiger partial charge in [-0.1, -0.05) is 91.0 Å². The predicted molar refractivity (Wildman–Crippen MR) is 136 cm³/mol. The first kappa shape index (κ1) is 22.5. The third kappa shape index (κ3) is 2.55. The lowest BCUT2D eigenvalue weighted by Gasteiger charge is -2.34. The number of carbonyl (C=O) groups excluding carboxylic acids is 4. The Morgan fingerprint density at radius 1 is 0.526 bits per heavy atom. The molecule has 0 radical (unpaired) electrons. The quantitative estimate of drug-likeness (QED) is 0.383. The van der Waals surface area contributed by atoms with Crippen LogP contribution in [0.3, 0.4) is 0 Å². The van der Waals surface area contributed by atoms with Crippen LogP contribution in [-0.2, 0) is 4.74 Å². The lowest BCUT2D eigenvalue weighted by Crippen LogP contribution is -2.51. The minimum Gasteiger partial charge on any atom is -0.508 e. The molecule has 3 aliphatic rings. The second kappa shape index (κ2) is 7.66. The SMILES string of the molecule is O=C1c2ccccc2C(=O)C12O[C@H](c1ccccc1)C1(C(=O)c3ccccc3C1=O)[C@H]2c1ccc(O)cc1. The summed E-state index contributed by atoms with van der Waals surface area (Å²) in [4.78, 5) is 57.6. The van der Waals surface area contributed by atoms with E-state index in [0.717, 1.165) is 0 Å². The number of ketones is 4. The van der Waals surface area contributed by atoms with E-state index in [1.54, 1.807) is 91.0 Å². The van der Waals surface area contributed by atoms with Crippen LogP contribution in [0, 0.1) is 5.41 Å². The molecule has 2 atom stereocenters. The molecule has 0 aromatic heterocycles. The average Bonchev–Trinajstić information content (AvgIpc) is 3.48. The second-order valence-electron chi connectivity index (χ2n) is 9.95. The molecule has 0 unspecified atom stereocenters. The topological polar surface area (TPSA) is 97.7 Å².